The zero-order valence-electron chi connectivity index (χ0n) is 12.8. The van der Waals surface area contributed by atoms with E-state index in [-0.39, 0.29) is 5.82 Å². The molecule has 0 amide bonds. The van der Waals surface area contributed by atoms with Gasteiger partial charge in [0.25, 0.3) is 0 Å². The number of nitrogens with zero attached hydrogens (tertiary/aromatic N) is 1. The van der Waals surface area contributed by atoms with Crippen LogP contribution in [0.5, 0.6) is 5.75 Å². The predicted octanol–water partition coefficient (Wildman–Crippen LogP) is 4.50. The molecule has 0 saturated heterocycles. The van der Waals surface area contributed by atoms with Crippen LogP contribution in [0.1, 0.15) is 19.4 Å². The lowest BCUT2D eigenvalue weighted by Gasteiger charge is -2.27. The summed E-state index contributed by atoms with van der Waals surface area (Å²) in [5.74, 6) is 1.20. The Kier molecular flexibility index (Phi) is 5.20. The third kappa shape index (κ3) is 4.48. The Morgan fingerprint density at radius 3 is 2.14 bits per heavy atom. The molecule has 0 spiro atoms. The number of anilines is 1. The Morgan fingerprint density at radius 2 is 1.62 bits per heavy atom. The highest BCUT2D eigenvalue weighted by Crippen LogP contribution is 2.22. The number of hydrogen-bond acceptors (Lipinski definition) is 2. The highest BCUT2D eigenvalue weighted by atomic mass is 19.1. The first-order chi connectivity index (χ1) is 10.1. The predicted molar refractivity (Wildman–Crippen MR) is 85.3 cm³/mol. The summed E-state index contributed by atoms with van der Waals surface area (Å²) in [6.45, 7) is 6.11. The van der Waals surface area contributed by atoms with Crippen LogP contribution in [0, 0.1) is 11.7 Å². The van der Waals surface area contributed by atoms with Crippen molar-refractivity contribution in [3.63, 3.8) is 0 Å². The molecular formula is C18H22FNO. The molecule has 0 saturated carbocycles. The van der Waals surface area contributed by atoms with Crippen LogP contribution < -0.4 is 9.64 Å². The molecule has 3 heteroatoms. The second kappa shape index (κ2) is 7.11. The fraction of sp³-hybridized carbons (Fsp3) is 0.333. The summed E-state index contributed by atoms with van der Waals surface area (Å²) in [6.07, 6.45) is 0. The second-order valence-electron chi connectivity index (χ2n) is 5.60. The molecule has 0 radical (unpaired) electrons. The first kappa shape index (κ1) is 15.4. The summed E-state index contributed by atoms with van der Waals surface area (Å²) in [4.78, 5) is 2.30. The average molecular weight is 287 g/mol. The van der Waals surface area contributed by atoms with Crippen LogP contribution in [-0.2, 0) is 6.54 Å². The third-order valence-corrected chi connectivity index (χ3v) is 3.31. The summed E-state index contributed by atoms with van der Waals surface area (Å²) in [6, 6.07) is 14.8. The van der Waals surface area contributed by atoms with E-state index in [1.165, 1.54) is 12.1 Å². The van der Waals surface area contributed by atoms with Gasteiger partial charge in [0.15, 0.2) is 0 Å². The lowest BCUT2D eigenvalue weighted by Crippen LogP contribution is -2.27. The molecule has 0 heterocycles. The maximum atomic E-state index is 13.0. The minimum Gasteiger partial charge on any atom is -0.497 e. The molecule has 0 aliphatic carbocycles. The highest BCUT2D eigenvalue weighted by Gasteiger charge is 2.10. The van der Waals surface area contributed by atoms with Gasteiger partial charge >= 0.3 is 0 Å². The third-order valence-electron chi connectivity index (χ3n) is 3.31. The average Bonchev–Trinajstić information content (AvgIpc) is 2.48. The van der Waals surface area contributed by atoms with Crippen LogP contribution in [0.3, 0.4) is 0 Å². The summed E-state index contributed by atoms with van der Waals surface area (Å²) < 4.78 is 18.2. The van der Waals surface area contributed by atoms with Gasteiger partial charge in [-0.2, -0.15) is 0 Å². The number of ether oxygens (including phenoxy) is 1. The molecule has 0 unspecified atom stereocenters. The van der Waals surface area contributed by atoms with E-state index in [9.17, 15) is 4.39 Å². The topological polar surface area (TPSA) is 12.5 Å². The quantitative estimate of drug-likeness (QED) is 0.775. The van der Waals surface area contributed by atoms with Crippen molar-refractivity contribution in [3.05, 3.63) is 59.9 Å². The number of halogens is 1. The van der Waals surface area contributed by atoms with Gasteiger partial charge in [-0.15, -0.1) is 0 Å². The monoisotopic (exact) mass is 287 g/mol. The molecule has 112 valence electrons. The van der Waals surface area contributed by atoms with Gasteiger partial charge in [0.2, 0.25) is 0 Å². The highest BCUT2D eigenvalue weighted by molar-refractivity contribution is 5.49. The Balaban J connectivity index is 2.18. The number of rotatable bonds is 6. The molecule has 0 aliphatic heterocycles. The Hall–Kier alpha value is -2.03. The van der Waals surface area contributed by atoms with E-state index < -0.39 is 0 Å². The van der Waals surface area contributed by atoms with E-state index in [1.807, 2.05) is 24.3 Å². The number of methoxy groups -OCH3 is 1. The first-order valence-electron chi connectivity index (χ1n) is 7.22. The normalized spacial score (nSPS) is 10.7. The van der Waals surface area contributed by atoms with Gasteiger partial charge in [0.05, 0.1) is 7.11 Å². The number of hydrogen-bond donors (Lipinski definition) is 0. The molecule has 2 aromatic carbocycles. The Morgan fingerprint density at radius 1 is 1.00 bits per heavy atom. The molecule has 0 bridgehead atoms. The van der Waals surface area contributed by atoms with Crippen molar-refractivity contribution in [1.82, 2.24) is 0 Å². The standard InChI is InChI=1S/C18H22FNO/c1-14(2)12-20(13-15-4-6-16(19)7-5-15)17-8-10-18(21-3)11-9-17/h4-11,14H,12-13H2,1-3H3. The van der Waals surface area contributed by atoms with E-state index in [1.54, 1.807) is 7.11 Å². The van der Waals surface area contributed by atoms with E-state index in [2.05, 4.69) is 30.9 Å². The van der Waals surface area contributed by atoms with E-state index in [0.29, 0.717) is 5.92 Å². The fourth-order valence-corrected chi connectivity index (χ4v) is 2.31. The summed E-state index contributed by atoms with van der Waals surface area (Å²) in [5.41, 5.74) is 2.25. The van der Waals surface area contributed by atoms with Gasteiger partial charge in [0.1, 0.15) is 11.6 Å². The fourth-order valence-electron chi connectivity index (χ4n) is 2.31. The summed E-state index contributed by atoms with van der Waals surface area (Å²) in [5, 5.41) is 0. The SMILES string of the molecule is COc1ccc(N(Cc2ccc(F)cc2)CC(C)C)cc1. The minimum atomic E-state index is -0.196. The zero-order chi connectivity index (χ0) is 15.2. The lowest BCUT2D eigenvalue weighted by atomic mass is 10.1. The molecule has 2 aromatic rings. The summed E-state index contributed by atoms with van der Waals surface area (Å²) in [7, 11) is 1.67. The number of benzene rings is 2. The zero-order valence-corrected chi connectivity index (χ0v) is 12.8. The molecule has 0 atom stereocenters. The van der Waals surface area contributed by atoms with Gasteiger partial charge in [0, 0.05) is 18.8 Å². The van der Waals surface area contributed by atoms with Crippen LogP contribution in [0.25, 0.3) is 0 Å². The van der Waals surface area contributed by atoms with Crippen molar-refractivity contribution in [2.45, 2.75) is 20.4 Å². The van der Waals surface area contributed by atoms with Crippen molar-refractivity contribution in [3.8, 4) is 5.75 Å². The molecule has 2 nitrogen and oxygen atoms in total. The summed E-state index contributed by atoms with van der Waals surface area (Å²) >= 11 is 0. The van der Waals surface area contributed by atoms with E-state index in [0.717, 1.165) is 30.1 Å². The maximum absolute atomic E-state index is 13.0. The molecule has 21 heavy (non-hydrogen) atoms. The molecule has 2 rings (SSSR count). The molecule has 0 aromatic heterocycles. The Labute approximate surface area is 126 Å². The van der Waals surface area contributed by atoms with Crippen LogP contribution >= 0.6 is 0 Å². The van der Waals surface area contributed by atoms with Crippen LogP contribution in [-0.4, -0.2) is 13.7 Å². The first-order valence-corrected chi connectivity index (χ1v) is 7.22. The largest absolute Gasteiger partial charge is 0.497 e. The van der Waals surface area contributed by atoms with Crippen molar-refractivity contribution in [2.24, 2.45) is 5.92 Å². The second-order valence-corrected chi connectivity index (χ2v) is 5.60. The molecule has 0 N–H and O–H groups in total. The van der Waals surface area contributed by atoms with Crippen LogP contribution in [0.2, 0.25) is 0 Å². The van der Waals surface area contributed by atoms with Gasteiger partial charge in [-0.25, -0.2) is 4.39 Å². The van der Waals surface area contributed by atoms with Gasteiger partial charge in [-0.1, -0.05) is 26.0 Å². The van der Waals surface area contributed by atoms with Crippen LogP contribution in [0.15, 0.2) is 48.5 Å². The molecule has 0 fully saturated rings. The maximum Gasteiger partial charge on any atom is 0.123 e. The van der Waals surface area contributed by atoms with Crippen molar-refractivity contribution in [2.75, 3.05) is 18.6 Å². The van der Waals surface area contributed by atoms with Crippen molar-refractivity contribution in [1.29, 1.82) is 0 Å². The smallest absolute Gasteiger partial charge is 0.123 e. The van der Waals surface area contributed by atoms with Crippen molar-refractivity contribution >= 4 is 5.69 Å². The molecule has 0 aliphatic rings. The van der Waals surface area contributed by atoms with Gasteiger partial charge < -0.3 is 9.64 Å². The molecular weight excluding hydrogens is 265 g/mol. The lowest BCUT2D eigenvalue weighted by molar-refractivity contribution is 0.415. The van der Waals surface area contributed by atoms with Gasteiger partial charge in [-0.05, 0) is 47.9 Å². The van der Waals surface area contributed by atoms with E-state index >= 15 is 0 Å². The van der Waals surface area contributed by atoms with Crippen molar-refractivity contribution < 1.29 is 9.13 Å². The Bertz CT molecular complexity index is 548. The minimum absolute atomic E-state index is 0.196. The van der Waals surface area contributed by atoms with Gasteiger partial charge in [-0.3, -0.25) is 0 Å². The van der Waals surface area contributed by atoms with E-state index in [4.69, 9.17) is 4.74 Å². The van der Waals surface area contributed by atoms with Crippen LogP contribution in [0.4, 0.5) is 10.1 Å².